The van der Waals surface area contributed by atoms with Crippen LogP contribution in [-0.4, -0.2) is 84.5 Å². The Balaban J connectivity index is 5.27. The molecule has 0 amide bonds. The predicted octanol–water partition coefficient (Wildman–Crippen LogP) is 0.341. The molecule has 0 rings (SSSR count). The van der Waals surface area contributed by atoms with E-state index in [-0.39, 0.29) is 24.3 Å². The molecular formula is C16H32NO6S+. The van der Waals surface area contributed by atoms with Gasteiger partial charge in [0.25, 0.3) is 10.1 Å². The normalized spacial score (nSPS) is 13.2. The van der Waals surface area contributed by atoms with E-state index in [0.717, 1.165) is 5.57 Å². The maximum absolute atomic E-state index is 11.2. The largest absolute Gasteiger partial charge is 0.391 e. The minimum atomic E-state index is -4.12. The van der Waals surface area contributed by atoms with Crippen LogP contribution in [0.2, 0.25) is 0 Å². The van der Waals surface area contributed by atoms with Crippen LogP contribution in [0.1, 0.15) is 26.7 Å². The zero-order valence-corrected chi connectivity index (χ0v) is 15.5. The van der Waals surface area contributed by atoms with E-state index < -0.39 is 15.9 Å². The van der Waals surface area contributed by atoms with Crippen LogP contribution in [0, 0.1) is 0 Å². The van der Waals surface area contributed by atoms with E-state index in [1.165, 1.54) is 0 Å². The van der Waals surface area contributed by atoms with E-state index in [2.05, 4.69) is 0 Å². The molecule has 0 saturated carbocycles. The van der Waals surface area contributed by atoms with Crippen molar-refractivity contribution in [3.8, 4) is 0 Å². The monoisotopic (exact) mass is 366 g/mol. The van der Waals surface area contributed by atoms with Gasteiger partial charge in [0.1, 0.15) is 19.6 Å². The second-order valence-corrected chi connectivity index (χ2v) is 7.73. The summed E-state index contributed by atoms with van der Waals surface area (Å²) in [6.07, 6.45) is 4.91. The lowest BCUT2D eigenvalue weighted by molar-refractivity contribution is -0.923. The van der Waals surface area contributed by atoms with Crippen molar-refractivity contribution in [2.24, 2.45) is 0 Å². The van der Waals surface area contributed by atoms with Crippen molar-refractivity contribution in [2.75, 3.05) is 51.8 Å². The highest BCUT2D eigenvalue weighted by Crippen LogP contribution is 2.13. The number of quaternary nitrogens is 1. The molecule has 0 spiro atoms. The number of aliphatic hydroxyl groups excluding tert-OH is 3. The number of aliphatic hydroxyl groups is 3. The van der Waals surface area contributed by atoms with Crippen LogP contribution in [0.15, 0.2) is 23.3 Å². The lowest BCUT2D eigenvalue weighted by Crippen LogP contribution is -2.53. The summed E-state index contributed by atoms with van der Waals surface area (Å²) in [6.45, 7) is 5.05. The first-order valence-electron chi connectivity index (χ1n) is 8.12. The predicted molar refractivity (Wildman–Crippen MR) is 94.1 cm³/mol. The van der Waals surface area contributed by atoms with Crippen LogP contribution >= 0.6 is 0 Å². The summed E-state index contributed by atoms with van der Waals surface area (Å²) in [6, 6.07) is 0. The zero-order chi connectivity index (χ0) is 18.6. The second kappa shape index (κ2) is 11.7. The van der Waals surface area contributed by atoms with Crippen LogP contribution in [0.4, 0.5) is 0 Å². The number of hydrogen-bond acceptors (Lipinski definition) is 5. The SMILES string of the molecule is CC(C)=CCC/C(=C\C[N+](CCO)(CCO)CCO)CS(=O)(=O)O. The van der Waals surface area contributed by atoms with Crippen LogP contribution < -0.4 is 0 Å². The Morgan fingerprint density at radius 1 is 0.958 bits per heavy atom. The highest BCUT2D eigenvalue weighted by atomic mass is 32.2. The van der Waals surface area contributed by atoms with E-state index >= 15 is 0 Å². The van der Waals surface area contributed by atoms with Gasteiger partial charge in [-0.25, -0.2) is 0 Å². The van der Waals surface area contributed by atoms with Gasteiger partial charge in [0.15, 0.2) is 0 Å². The first-order valence-corrected chi connectivity index (χ1v) is 9.73. The van der Waals surface area contributed by atoms with Crippen LogP contribution in [0.3, 0.4) is 0 Å². The van der Waals surface area contributed by atoms with Gasteiger partial charge in [-0.3, -0.25) is 4.55 Å². The fraction of sp³-hybridized carbons (Fsp3) is 0.750. The van der Waals surface area contributed by atoms with Gasteiger partial charge in [0.2, 0.25) is 0 Å². The van der Waals surface area contributed by atoms with Crippen molar-refractivity contribution in [1.82, 2.24) is 0 Å². The van der Waals surface area contributed by atoms with Crippen molar-refractivity contribution in [2.45, 2.75) is 26.7 Å². The molecule has 0 aromatic heterocycles. The van der Waals surface area contributed by atoms with E-state index in [1.807, 2.05) is 19.9 Å². The molecule has 0 unspecified atom stereocenters. The van der Waals surface area contributed by atoms with Crippen molar-refractivity contribution < 1.29 is 32.8 Å². The zero-order valence-electron chi connectivity index (χ0n) is 14.7. The molecule has 4 N–H and O–H groups in total. The first kappa shape index (κ1) is 23.2. The minimum Gasteiger partial charge on any atom is -0.391 e. The quantitative estimate of drug-likeness (QED) is 0.212. The maximum Gasteiger partial charge on any atom is 0.268 e. The third-order valence-corrected chi connectivity index (χ3v) is 4.61. The fourth-order valence-electron chi connectivity index (χ4n) is 2.58. The Bertz CT molecular complexity index is 492. The first-order chi connectivity index (χ1) is 11.2. The van der Waals surface area contributed by atoms with Gasteiger partial charge in [-0.2, -0.15) is 8.42 Å². The molecular weight excluding hydrogens is 334 g/mol. The second-order valence-electron chi connectivity index (χ2n) is 6.27. The third-order valence-electron chi connectivity index (χ3n) is 3.88. The molecule has 7 nitrogen and oxygen atoms in total. The summed E-state index contributed by atoms with van der Waals surface area (Å²) < 4.78 is 31.8. The fourth-order valence-corrected chi connectivity index (χ4v) is 3.31. The molecule has 0 aliphatic carbocycles. The Labute approximate surface area is 145 Å². The molecule has 0 aliphatic heterocycles. The minimum absolute atomic E-state index is 0.0980. The van der Waals surface area contributed by atoms with E-state index in [9.17, 15) is 23.7 Å². The molecule has 0 fully saturated rings. The number of nitrogens with zero attached hydrogens (tertiary/aromatic N) is 1. The summed E-state index contributed by atoms with van der Waals surface area (Å²) in [5.74, 6) is -0.430. The van der Waals surface area contributed by atoms with Gasteiger partial charge < -0.3 is 19.8 Å². The van der Waals surface area contributed by atoms with E-state index in [4.69, 9.17) is 4.55 Å². The van der Waals surface area contributed by atoms with Crippen LogP contribution in [0.5, 0.6) is 0 Å². The molecule has 0 heterocycles. The number of hydrogen-bond donors (Lipinski definition) is 4. The Morgan fingerprint density at radius 2 is 1.46 bits per heavy atom. The van der Waals surface area contributed by atoms with Gasteiger partial charge >= 0.3 is 0 Å². The number of allylic oxidation sites excluding steroid dienone is 2. The molecule has 0 aromatic carbocycles. The van der Waals surface area contributed by atoms with Crippen LogP contribution in [0.25, 0.3) is 0 Å². The topological polar surface area (TPSA) is 115 Å². The Morgan fingerprint density at radius 3 is 1.83 bits per heavy atom. The summed E-state index contributed by atoms with van der Waals surface area (Å²) >= 11 is 0. The third kappa shape index (κ3) is 10.9. The molecule has 142 valence electrons. The molecule has 0 atom stereocenters. The molecule has 0 aliphatic rings. The van der Waals surface area contributed by atoms with Gasteiger partial charge in [-0.1, -0.05) is 17.2 Å². The standard InChI is InChI=1S/C16H31NO6S/c1-15(2)4-3-5-16(14-24(21,22)23)6-7-17(8-11-18,9-12-19)10-13-20/h4,6,18-20H,3,5,7-14H2,1-2H3/p+1/b16-6+. The summed E-state index contributed by atoms with van der Waals surface area (Å²) in [7, 11) is -4.12. The Hall–Kier alpha value is -0.770. The molecule has 8 heteroatoms. The molecule has 0 saturated heterocycles. The average molecular weight is 366 g/mol. The van der Waals surface area contributed by atoms with Crippen molar-refractivity contribution in [3.05, 3.63) is 23.3 Å². The summed E-state index contributed by atoms with van der Waals surface area (Å²) in [5, 5.41) is 27.8. The van der Waals surface area contributed by atoms with E-state index in [1.54, 1.807) is 6.08 Å². The molecule has 0 bridgehead atoms. The molecule has 0 aromatic rings. The van der Waals surface area contributed by atoms with Gasteiger partial charge in [0.05, 0.1) is 32.1 Å². The van der Waals surface area contributed by atoms with Crippen LogP contribution in [-0.2, 0) is 10.1 Å². The highest BCUT2D eigenvalue weighted by Gasteiger charge is 2.25. The highest BCUT2D eigenvalue weighted by molar-refractivity contribution is 7.85. The van der Waals surface area contributed by atoms with Crippen molar-refractivity contribution in [1.29, 1.82) is 0 Å². The van der Waals surface area contributed by atoms with E-state index in [0.29, 0.717) is 44.6 Å². The smallest absolute Gasteiger partial charge is 0.268 e. The van der Waals surface area contributed by atoms with Gasteiger partial charge in [-0.15, -0.1) is 0 Å². The summed E-state index contributed by atoms with van der Waals surface area (Å²) in [4.78, 5) is 0. The lowest BCUT2D eigenvalue weighted by atomic mass is 10.1. The van der Waals surface area contributed by atoms with Crippen molar-refractivity contribution in [3.63, 3.8) is 0 Å². The maximum atomic E-state index is 11.2. The molecule has 0 radical (unpaired) electrons. The van der Waals surface area contributed by atoms with Gasteiger partial charge in [0, 0.05) is 0 Å². The number of rotatable bonds is 13. The Kier molecular flexibility index (Phi) is 11.4. The van der Waals surface area contributed by atoms with Gasteiger partial charge in [-0.05, 0) is 32.8 Å². The van der Waals surface area contributed by atoms with Crippen molar-refractivity contribution >= 4 is 10.1 Å². The average Bonchev–Trinajstić information content (AvgIpc) is 2.43. The summed E-state index contributed by atoms with van der Waals surface area (Å²) in [5.41, 5.74) is 1.72. The lowest BCUT2D eigenvalue weighted by Gasteiger charge is -2.36. The molecule has 24 heavy (non-hydrogen) atoms.